The molecule has 2 heterocycles. The largest absolute Gasteiger partial charge is 0.311 e. The van der Waals surface area contributed by atoms with Crippen molar-refractivity contribution in [2.45, 2.75) is 0 Å². The Bertz CT molecular complexity index is 8840. The second-order valence-corrected chi connectivity index (χ2v) is 36.7. The lowest BCUT2D eigenvalue weighted by atomic mass is 9.93. The molecule has 6 heteroatoms. The topological polar surface area (TPSA) is 13.0 Å². The first-order valence-corrected chi connectivity index (χ1v) is 47.5. The molecule has 2 aromatic heterocycles. The minimum absolute atomic E-state index is 1.09. The van der Waals surface area contributed by atoms with Crippen LogP contribution in [0.5, 0.6) is 0 Å². The number of fused-ring (bicyclic) bond motifs is 20. The van der Waals surface area contributed by atoms with Crippen LogP contribution in [0.1, 0.15) is 0 Å². The monoisotopic (exact) mass is 1740 g/mol. The van der Waals surface area contributed by atoms with Crippen LogP contribution in [0.4, 0.5) is 68.2 Å². The Morgan fingerprint density at radius 3 is 0.731 bits per heavy atom. The SMILES string of the molecule is c1ccc(N(c2ccccc2)c2ccc(-c3ccc(N(c4ccc(-c5ccc6sc7ccccc7c6c5)cc4)c4ccc5c6ccccc6c6ccccc6c5c4)cc3)c3ccccc23)cc1.c1ccc(N(c2ccccc2)c2ccc(-c3ccc(N(c4ccc5c6ccccc6c6ccccc6c5c4)c4ccc(-c5ccc6sc7ccccc7c6c5)c5ccccc45)cc3)cc2)cc1. The summed E-state index contributed by atoms with van der Waals surface area (Å²) < 4.78 is 5.28. The van der Waals surface area contributed by atoms with Crippen LogP contribution in [0.3, 0.4) is 0 Å². The van der Waals surface area contributed by atoms with Crippen molar-refractivity contribution < 1.29 is 0 Å². The van der Waals surface area contributed by atoms with Crippen molar-refractivity contribution in [1.29, 1.82) is 0 Å². The lowest BCUT2D eigenvalue weighted by Crippen LogP contribution is -2.11. The first-order valence-electron chi connectivity index (χ1n) is 45.8. The third-order valence-corrected chi connectivity index (χ3v) is 29.2. The van der Waals surface area contributed by atoms with Gasteiger partial charge in [-0.05, 0) is 290 Å². The van der Waals surface area contributed by atoms with Gasteiger partial charge in [-0.2, -0.15) is 0 Å². The summed E-state index contributed by atoms with van der Waals surface area (Å²) in [6.07, 6.45) is 0. The Morgan fingerprint density at radius 1 is 0.112 bits per heavy atom. The predicted molar refractivity (Wildman–Crippen MR) is 579 cm³/mol. The quantitative estimate of drug-likeness (QED) is 0.0894. The summed E-state index contributed by atoms with van der Waals surface area (Å²) >= 11 is 3.72. The van der Waals surface area contributed by atoms with Gasteiger partial charge in [-0.25, -0.2) is 0 Å². The van der Waals surface area contributed by atoms with Gasteiger partial charge in [0.15, 0.2) is 0 Å². The molecule has 24 aromatic carbocycles. The highest BCUT2D eigenvalue weighted by Crippen LogP contribution is 2.51. The molecule has 0 saturated heterocycles. The van der Waals surface area contributed by atoms with E-state index >= 15 is 0 Å². The van der Waals surface area contributed by atoms with Crippen molar-refractivity contribution in [2.24, 2.45) is 0 Å². The molecule has 0 radical (unpaired) electrons. The van der Waals surface area contributed by atoms with Crippen molar-refractivity contribution in [3.05, 3.63) is 510 Å². The maximum Gasteiger partial charge on any atom is 0.0540 e. The van der Waals surface area contributed by atoms with Crippen LogP contribution in [0.15, 0.2) is 510 Å². The summed E-state index contributed by atoms with van der Waals surface area (Å²) in [6, 6.07) is 186. The molecule has 0 atom stereocenters. The van der Waals surface area contributed by atoms with Gasteiger partial charge in [0.2, 0.25) is 0 Å². The molecular weight excluding hydrogens is 1660 g/mol. The van der Waals surface area contributed by atoms with E-state index in [1.807, 2.05) is 22.7 Å². The van der Waals surface area contributed by atoms with Crippen molar-refractivity contribution in [3.8, 4) is 44.5 Å². The van der Waals surface area contributed by atoms with Crippen LogP contribution in [0, 0.1) is 0 Å². The van der Waals surface area contributed by atoms with Crippen molar-refractivity contribution >= 4 is 217 Å². The molecule has 0 aliphatic rings. The van der Waals surface area contributed by atoms with E-state index in [9.17, 15) is 0 Å². The summed E-state index contributed by atoms with van der Waals surface area (Å²) in [6.45, 7) is 0. The molecule has 0 N–H and O–H groups in total. The molecule has 26 aromatic rings. The summed E-state index contributed by atoms with van der Waals surface area (Å²) in [5.41, 5.74) is 22.9. The van der Waals surface area contributed by atoms with E-state index in [0.717, 1.165) is 79.4 Å². The van der Waals surface area contributed by atoms with Gasteiger partial charge in [-0.1, -0.05) is 340 Å². The van der Waals surface area contributed by atoms with Gasteiger partial charge in [-0.15, -0.1) is 22.7 Å². The molecule has 0 spiro atoms. The third kappa shape index (κ3) is 14.1. The molecule has 0 amide bonds. The minimum Gasteiger partial charge on any atom is -0.311 e. The van der Waals surface area contributed by atoms with Crippen molar-refractivity contribution in [3.63, 3.8) is 0 Å². The smallest absolute Gasteiger partial charge is 0.0540 e. The van der Waals surface area contributed by atoms with E-state index in [-0.39, 0.29) is 0 Å². The van der Waals surface area contributed by atoms with Crippen LogP contribution in [-0.2, 0) is 0 Å². The van der Waals surface area contributed by atoms with Crippen LogP contribution in [0.25, 0.3) is 171 Å². The molecular formula is C128H84N4S2. The molecule has 0 unspecified atom stereocenters. The van der Waals surface area contributed by atoms with Gasteiger partial charge in [-0.3, -0.25) is 0 Å². The number of hydrogen-bond acceptors (Lipinski definition) is 6. The van der Waals surface area contributed by atoms with Crippen molar-refractivity contribution in [1.82, 2.24) is 0 Å². The number of benzene rings is 24. The molecule has 0 bridgehead atoms. The highest BCUT2D eigenvalue weighted by atomic mass is 32.1. The fraction of sp³-hybridized carbons (Fsp3) is 0. The van der Waals surface area contributed by atoms with Crippen LogP contribution in [0.2, 0.25) is 0 Å². The van der Waals surface area contributed by atoms with E-state index in [1.165, 1.54) is 160 Å². The maximum atomic E-state index is 2.45. The second kappa shape index (κ2) is 33.8. The highest BCUT2D eigenvalue weighted by Gasteiger charge is 2.25. The summed E-state index contributed by atoms with van der Waals surface area (Å²) in [4.78, 5) is 9.52. The normalized spacial score (nSPS) is 11.6. The zero-order chi connectivity index (χ0) is 88.5. The average Bonchev–Trinajstić information content (AvgIpc) is 0.877. The Labute approximate surface area is 785 Å². The highest BCUT2D eigenvalue weighted by molar-refractivity contribution is 7.26. The van der Waals surface area contributed by atoms with Gasteiger partial charge >= 0.3 is 0 Å². The number of para-hydroxylation sites is 4. The average molecular weight is 1740 g/mol. The first kappa shape index (κ1) is 79.2. The van der Waals surface area contributed by atoms with E-state index in [0.29, 0.717) is 0 Å². The predicted octanol–water partition coefficient (Wildman–Crippen LogP) is 37.9. The standard InChI is InChI=1S/2C64H42N2S/c1-3-15-46(16-4-1)66(47-17-5-2-6-18-47)62-39-38-51(52-19-11-12-24-58(52)62)44-29-34-49(35-30-44)65(50-36-37-57-55-22-8-7-20-53(55)54-21-9-10-23-56(54)60(57)42-50)48-32-27-43(28-33-48)45-31-40-64-61(41-45)59-25-13-14-26-63(59)67-64;1-3-15-46(16-4-1)65(47-17-5-2-6-18-47)48-32-27-43(28-33-48)44-29-34-49(35-30-44)66(50-36-37-57-55-22-8-7-20-53(55)54-21-9-10-23-56(54)60(57)42-50)62-39-38-51(52-19-11-12-24-58(52)62)45-31-40-64-61(41-45)59-25-13-14-26-63(59)67-64/h2*1-42H. The van der Waals surface area contributed by atoms with Crippen LogP contribution < -0.4 is 19.6 Å². The summed E-state index contributed by atoms with van der Waals surface area (Å²) in [5, 5.41) is 25.2. The maximum absolute atomic E-state index is 2.45. The Morgan fingerprint density at radius 2 is 0.343 bits per heavy atom. The van der Waals surface area contributed by atoms with Crippen LogP contribution >= 0.6 is 22.7 Å². The molecule has 0 aliphatic heterocycles. The van der Waals surface area contributed by atoms with Crippen molar-refractivity contribution in [2.75, 3.05) is 19.6 Å². The molecule has 134 heavy (non-hydrogen) atoms. The Kier molecular flexibility index (Phi) is 20.0. The molecule has 628 valence electrons. The van der Waals surface area contributed by atoms with Gasteiger partial charge in [0.1, 0.15) is 0 Å². The number of anilines is 12. The number of nitrogens with zero attached hydrogens (tertiary/aromatic N) is 4. The number of hydrogen-bond donors (Lipinski definition) is 0. The van der Waals surface area contributed by atoms with Gasteiger partial charge in [0, 0.05) is 108 Å². The van der Waals surface area contributed by atoms with E-state index in [2.05, 4.69) is 529 Å². The summed E-state index contributed by atoms with van der Waals surface area (Å²) in [5.74, 6) is 0. The lowest BCUT2D eigenvalue weighted by molar-refractivity contribution is 1.28. The minimum atomic E-state index is 1.09. The van der Waals surface area contributed by atoms with Gasteiger partial charge in [0.25, 0.3) is 0 Å². The zero-order valence-electron chi connectivity index (χ0n) is 73.1. The molecule has 0 fully saturated rings. The van der Waals surface area contributed by atoms with E-state index in [4.69, 9.17) is 0 Å². The molecule has 4 nitrogen and oxygen atoms in total. The fourth-order valence-corrected chi connectivity index (χ4v) is 22.8. The molecule has 0 aliphatic carbocycles. The fourth-order valence-electron chi connectivity index (χ4n) is 20.6. The zero-order valence-corrected chi connectivity index (χ0v) is 74.7. The number of thiophene rings is 2. The van der Waals surface area contributed by atoms with E-state index < -0.39 is 0 Å². The Balaban J connectivity index is 0.000000143. The van der Waals surface area contributed by atoms with Gasteiger partial charge in [0.05, 0.1) is 11.4 Å². The first-order chi connectivity index (χ1) is 66.5. The Hall–Kier alpha value is -17.0. The summed E-state index contributed by atoms with van der Waals surface area (Å²) in [7, 11) is 0. The number of rotatable bonds is 16. The van der Waals surface area contributed by atoms with Crippen LogP contribution in [-0.4, -0.2) is 0 Å². The van der Waals surface area contributed by atoms with Gasteiger partial charge < -0.3 is 19.6 Å². The lowest BCUT2D eigenvalue weighted by Gasteiger charge is -2.28. The third-order valence-electron chi connectivity index (χ3n) is 26.9. The second-order valence-electron chi connectivity index (χ2n) is 34.5. The molecule has 0 saturated carbocycles. The van der Waals surface area contributed by atoms with E-state index in [1.54, 1.807) is 0 Å². The molecule has 26 rings (SSSR count).